The highest BCUT2D eigenvalue weighted by molar-refractivity contribution is 5.54. The molecule has 0 aliphatic heterocycles. The number of methoxy groups -OCH3 is 1. The first-order valence-electron chi connectivity index (χ1n) is 7.46. The summed E-state index contributed by atoms with van der Waals surface area (Å²) >= 11 is 0. The van der Waals surface area contributed by atoms with E-state index in [0.717, 1.165) is 38.1 Å². The molecule has 0 atom stereocenters. The number of aryl methyl sites for hydroxylation is 1. The normalized spacial score (nSPS) is 10.8. The molecule has 0 aliphatic rings. The number of hydrogen-bond acceptors (Lipinski definition) is 2. The summed E-state index contributed by atoms with van der Waals surface area (Å²) in [6.07, 6.45) is 8.03. The molecule has 1 rings (SSSR count). The fourth-order valence-electron chi connectivity index (χ4n) is 2.17. The SMILES string of the molecule is C=CC(=C)CCc1ccccc1N(C/C=C\C)CCOC. The molecular weight excluding hydrogens is 258 g/mol. The molecule has 0 amide bonds. The number of nitrogens with zero attached hydrogens (tertiary/aromatic N) is 1. The van der Waals surface area contributed by atoms with E-state index >= 15 is 0 Å². The predicted molar refractivity (Wildman–Crippen MR) is 93.0 cm³/mol. The zero-order chi connectivity index (χ0) is 15.5. The Hall–Kier alpha value is -1.80. The third kappa shape index (κ3) is 6.01. The highest BCUT2D eigenvalue weighted by Crippen LogP contribution is 2.23. The van der Waals surface area contributed by atoms with Crippen molar-refractivity contribution in [2.24, 2.45) is 0 Å². The van der Waals surface area contributed by atoms with Crippen LogP contribution in [-0.4, -0.2) is 26.8 Å². The van der Waals surface area contributed by atoms with E-state index < -0.39 is 0 Å². The average Bonchev–Trinajstić information content (AvgIpc) is 2.53. The Kier molecular flexibility index (Phi) is 8.22. The van der Waals surface area contributed by atoms with Gasteiger partial charge in [-0.2, -0.15) is 0 Å². The number of rotatable bonds is 10. The first-order chi connectivity index (χ1) is 10.2. The van der Waals surface area contributed by atoms with Gasteiger partial charge >= 0.3 is 0 Å². The molecule has 0 saturated heterocycles. The lowest BCUT2D eigenvalue weighted by Crippen LogP contribution is -2.28. The van der Waals surface area contributed by atoms with Gasteiger partial charge in [0.25, 0.3) is 0 Å². The Bertz CT molecular complexity index is 476. The van der Waals surface area contributed by atoms with Crippen molar-refractivity contribution in [3.8, 4) is 0 Å². The zero-order valence-corrected chi connectivity index (χ0v) is 13.3. The lowest BCUT2D eigenvalue weighted by molar-refractivity contribution is 0.205. The average molecular weight is 285 g/mol. The summed E-state index contributed by atoms with van der Waals surface area (Å²) in [6.45, 7) is 12.3. The van der Waals surface area contributed by atoms with Crippen LogP contribution in [0.15, 0.2) is 61.2 Å². The van der Waals surface area contributed by atoms with Crippen LogP contribution >= 0.6 is 0 Å². The maximum absolute atomic E-state index is 5.24. The summed E-state index contributed by atoms with van der Waals surface area (Å²) < 4.78 is 5.24. The second-order valence-electron chi connectivity index (χ2n) is 5.00. The lowest BCUT2D eigenvalue weighted by Gasteiger charge is -2.26. The smallest absolute Gasteiger partial charge is 0.0637 e. The van der Waals surface area contributed by atoms with Crippen LogP contribution in [0.25, 0.3) is 0 Å². The van der Waals surface area contributed by atoms with Crippen molar-refractivity contribution in [3.63, 3.8) is 0 Å². The minimum absolute atomic E-state index is 0.727. The molecule has 0 radical (unpaired) electrons. The molecule has 0 aliphatic carbocycles. The minimum atomic E-state index is 0.727. The van der Waals surface area contributed by atoms with E-state index in [1.54, 1.807) is 7.11 Å². The van der Waals surface area contributed by atoms with Gasteiger partial charge < -0.3 is 9.64 Å². The van der Waals surface area contributed by atoms with Crippen LogP contribution in [0, 0.1) is 0 Å². The van der Waals surface area contributed by atoms with Crippen LogP contribution in [0.3, 0.4) is 0 Å². The summed E-state index contributed by atoms with van der Waals surface area (Å²) in [7, 11) is 1.74. The Morgan fingerprint density at radius 3 is 2.76 bits per heavy atom. The monoisotopic (exact) mass is 285 g/mol. The number of hydrogen-bond donors (Lipinski definition) is 0. The Morgan fingerprint density at radius 1 is 1.33 bits per heavy atom. The van der Waals surface area contributed by atoms with Gasteiger partial charge in [-0.05, 0) is 31.4 Å². The van der Waals surface area contributed by atoms with Gasteiger partial charge in [-0.25, -0.2) is 0 Å². The van der Waals surface area contributed by atoms with Crippen molar-refractivity contribution in [1.29, 1.82) is 0 Å². The molecule has 2 heteroatoms. The van der Waals surface area contributed by atoms with Crippen molar-refractivity contribution < 1.29 is 4.74 Å². The summed E-state index contributed by atoms with van der Waals surface area (Å²) in [5.41, 5.74) is 3.72. The first-order valence-corrected chi connectivity index (χ1v) is 7.46. The predicted octanol–water partition coefficient (Wildman–Crippen LogP) is 4.39. The van der Waals surface area contributed by atoms with Gasteiger partial charge in [0.1, 0.15) is 0 Å². The van der Waals surface area contributed by atoms with Crippen molar-refractivity contribution in [1.82, 2.24) is 0 Å². The standard InChI is InChI=1S/C19H27NO/c1-5-7-14-20(15-16-21-4)19-11-9-8-10-18(19)13-12-17(3)6-2/h5-11H,2-3,12-16H2,1,4H3/b7-5-. The first kappa shape index (κ1) is 17.3. The van der Waals surface area contributed by atoms with E-state index in [9.17, 15) is 0 Å². The molecule has 0 spiro atoms. The number of anilines is 1. The van der Waals surface area contributed by atoms with Crippen LogP contribution in [0.2, 0.25) is 0 Å². The molecule has 1 aromatic rings. The minimum Gasteiger partial charge on any atom is -0.383 e. The fraction of sp³-hybridized carbons (Fsp3) is 0.368. The van der Waals surface area contributed by atoms with Crippen molar-refractivity contribution >= 4 is 5.69 Å². The fourth-order valence-corrected chi connectivity index (χ4v) is 2.17. The van der Waals surface area contributed by atoms with Crippen LogP contribution in [0.4, 0.5) is 5.69 Å². The highest BCUT2D eigenvalue weighted by Gasteiger charge is 2.09. The van der Waals surface area contributed by atoms with E-state index in [4.69, 9.17) is 4.74 Å². The number of para-hydroxylation sites is 1. The summed E-state index contributed by atoms with van der Waals surface area (Å²) in [4.78, 5) is 2.36. The second-order valence-corrected chi connectivity index (χ2v) is 5.00. The van der Waals surface area contributed by atoms with Crippen LogP contribution in [0.1, 0.15) is 18.9 Å². The molecule has 1 aromatic carbocycles. The summed E-state index contributed by atoms with van der Waals surface area (Å²) in [5.74, 6) is 0. The molecule has 0 saturated carbocycles. The second kappa shape index (κ2) is 10.0. The van der Waals surface area contributed by atoms with Crippen molar-refractivity contribution in [3.05, 3.63) is 66.8 Å². The van der Waals surface area contributed by atoms with Crippen molar-refractivity contribution in [2.75, 3.05) is 31.7 Å². The zero-order valence-electron chi connectivity index (χ0n) is 13.3. The third-order valence-electron chi connectivity index (χ3n) is 3.46. The molecule has 0 heterocycles. The molecule has 0 aromatic heterocycles. The van der Waals surface area contributed by atoms with Crippen LogP contribution < -0.4 is 4.90 Å². The number of allylic oxidation sites excluding steroid dienone is 3. The van der Waals surface area contributed by atoms with Gasteiger partial charge in [0.15, 0.2) is 0 Å². The molecule has 2 nitrogen and oxygen atoms in total. The van der Waals surface area contributed by atoms with E-state index in [1.165, 1.54) is 11.3 Å². The Balaban J connectivity index is 2.89. The van der Waals surface area contributed by atoms with Crippen LogP contribution in [-0.2, 0) is 11.2 Å². The maximum atomic E-state index is 5.24. The maximum Gasteiger partial charge on any atom is 0.0637 e. The topological polar surface area (TPSA) is 12.5 Å². The summed E-state index contributed by atoms with van der Waals surface area (Å²) in [5, 5.41) is 0. The van der Waals surface area contributed by atoms with Gasteiger partial charge in [-0.15, -0.1) is 0 Å². The van der Waals surface area contributed by atoms with E-state index in [-0.39, 0.29) is 0 Å². The van der Waals surface area contributed by atoms with Gasteiger partial charge in [0.2, 0.25) is 0 Å². The quantitative estimate of drug-likeness (QED) is 0.467. The molecule has 0 unspecified atom stereocenters. The van der Waals surface area contributed by atoms with Gasteiger partial charge in [-0.3, -0.25) is 0 Å². The summed E-state index contributed by atoms with van der Waals surface area (Å²) in [6, 6.07) is 8.57. The molecule has 21 heavy (non-hydrogen) atoms. The van der Waals surface area contributed by atoms with Gasteiger partial charge in [-0.1, -0.05) is 55.2 Å². The van der Waals surface area contributed by atoms with Gasteiger partial charge in [0.05, 0.1) is 6.61 Å². The van der Waals surface area contributed by atoms with Crippen molar-refractivity contribution in [2.45, 2.75) is 19.8 Å². The lowest BCUT2D eigenvalue weighted by atomic mass is 10.0. The number of benzene rings is 1. The molecular formula is C19H27NO. The molecule has 0 N–H and O–H groups in total. The third-order valence-corrected chi connectivity index (χ3v) is 3.46. The van der Waals surface area contributed by atoms with Crippen LogP contribution in [0.5, 0.6) is 0 Å². The Labute approximate surface area is 129 Å². The number of ether oxygens (including phenoxy) is 1. The van der Waals surface area contributed by atoms with E-state index in [1.807, 2.05) is 6.08 Å². The van der Waals surface area contributed by atoms with E-state index in [0.29, 0.717) is 0 Å². The molecule has 0 fully saturated rings. The highest BCUT2D eigenvalue weighted by atomic mass is 16.5. The largest absolute Gasteiger partial charge is 0.383 e. The molecule has 0 bridgehead atoms. The molecule has 114 valence electrons. The van der Waals surface area contributed by atoms with E-state index in [2.05, 4.69) is 61.4 Å². The Morgan fingerprint density at radius 2 is 2.10 bits per heavy atom. The van der Waals surface area contributed by atoms with Gasteiger partial charge in [0, 0.05) is 25.9 Å².